The molecule has 0 saturated carbocycles. The molecule has 0 aliphatic rings. The van der Waals surface area contributed by atoms with Crippen LogP contribution in [0.25, 0.3) is 0 Å². The number of carbonyl (C=O) groups is 1. The molecule has 1 aromatic heterocycles. The summed E-state index contributed by atoms with van der Waals surface area (Å²) in [5.74, 6) is -0.175. The van der Waals surface area contributed by atoms with Crippen molar-refractivity contribution in [3.63, 3.8) is 0 Å². The average molecular weight is 395 g/mol. The van der Waals surface area contributed by atoms with Crippen molar-refractivity contribution < 1.29 is 17.6 Å². The highest BCUT2D eigenvalue weighted by Crippen LogP contribution is 2.36. The largest absolute Gasteiger partial charge is 0.330 e. The molecule has 148 valence electrons. The second kappa shape index (κ2) is 8.25. The monoisotopic (exact) mass is 394 g/mol. The van der Waals surface area contributed by atoms with E-state index in [1.807, 2.05) is 32.3 Å². The third-order valence-corrected chi connectivity index (χ3v) is 6.38. The molecular formula is C20H27FN2O3S. The van der Waals surface area contributed by atoms with Gasteiger partial charge in [-0.05, 0) is 56.0 Å². The molecule has 0 saturated heterocycles. The van der Waals surface area contributed by atoms with Crippen LogP contribution in [0.15, 0.2) is 34.1 Å². The lowest BCUT2D eigenvalue weighted by molar-refractivity contribution is -0.116. The van der Waals surface area contributed by atoms with Gasteiger partial charge in [0, 0.05) is 18.7 Å². The van der Waals surface area contributed by atoms with Crippen LogP contribution in [-0.2, 0) is 21.2 Å². The van der Waals surface area contributed by atoms with Crippen molar-refractivity contribution in [2.45, 2.75) is 63.8 Å². The Hall–Kier alpha value is -2.15. The van der Waals surface area contributed by atoms with Gasteiger partial charge in [-0.1, -0.05) is 20.8 Å². The van der Waals surface area contributed by atoms with Crippen LogP contribution in [0, 0.1) is 25.6 Å². The van der Waals surface area contributed by atoms with Crippen LogP contribution in [0.5, 0.6) is 0 Å². The number of hydrogen-bond acceptors (Lipinski definition) is 3. The van der Waals surface area contributed by atoms with E-state index in [0.29, 0.717) is 30.8 Å². The summed E-state index contributed by atoms with van der Waals surface area (Å²) in [5, 5.41) is 2.81. The lowest BCUT2D eigenvalue weighted by Crippen LogP contribution is -2.18. The van der Waals surface area contributed by atoms with Crippen molar-refractivity contribution >= 4 is 21.6 Å². The van der Waals surface area contributed by atoms with Crippen molar-refractivity contribution in [1.82, 2.24) is 4.57 Å². The van der Waals surface area contributed by atoms with Gasteiger partial charge in [-0.25, -0.2) is 12.8 Å². The minimum Gasteiger partial charge on any atom is -0.330 e. The zero-order valence-electron chi connectivity index (χ0n) is 16.5. The summed E-state index contributed by atoms with van der Waals surface area (Å²) in [6.45, 7) is 10.1. The van der Waals surface area contributed by atoms with E-state index in [1.165, 1.54) is 12.1 Å². The number of nitrogens with zero attached hydrogens (tertiary/aromatic N) is 1. The molecule has 2 rings (SSSR count). The summed E-state index contributed by atoms with van der Waals surface area (Å²) >= 11 is 0. The second-order valence-corrected chi connectivity index (χ2v) is 9.03. The number of sulfone groups is 1. The molecule has 1 heterocycles. The smallest absolute Gasteiger partial charge is 0.225 e. The predicted molar refractivity (Wildman–Crippen MR) is 104 cm³/mol. The van der Waals surface area contributed by atoms with Gasteiger partial charge in [0.05, 0.1) is 4.90 Å². The summed E-state index contributed by atoms with van der Waals surface area (Å²) in [7, 11) is -3.92. The lowest BCUT2D eigenvalue weighted by atomic mass is 10.2. The van der Waals surface area contributed by atoms with Gasteiger partial charge in [0.25, 0.3) is 0 Å². The Kier molecular flexibility index (Phi) is 6.46. The molecule has 0 radical (unpaired) electrons. The number of hydrogen-bond donors (Lipinski definition) is 1. The van der Waals surface area contributed by atoms with E-state index in [2.05, 4.69) is 5.32 Å². The summed E-state index contributed by atoms with van der Waals surface area (Å²) in [6.07, 6.45) is 0.968. The first kappa shape index (κ1) is 21.2. The maximum atomic E-state index is 13.3. The van der Waals surface area contributed by atoms with Gasteiger partial charge in [-0.15, -0.1) is 0 Å². The fourth-order valence-corrected chi connectivity index (χ4v) is 4.73. The molecule has 0 fully saturated rings. The highest BCUT2D eigenvalue weighted by atomic mass is 32.2. The number of rotatable bonds is 7. The molecule has 7 heteroatoms. The van der Waals surface area contributed by atoms with E-state index in [4.69, 9.17) is 0 Å². The number of anilines is 1. The van der Waals surface area contributed by atoms with E-state index in [1.54, 1.807) is 6.92 Å². The van der Waals surface area contributed by atoms with Crippen LogP contribution in [0.3, 0.4) is 0 Å². The van der Waals surface area contributed by atoms with E-state index in [0.717, 1.165) is 17.8 Å². The first-order valence-corrected chi connectivity index (χ1v) is 10.6. The lowest BCUT2D eigenvalue weighted by Gasteiger charge is -2.16. The fraction of sp³-hybridized carbons (Fsp3) is 0.450. The molecule has 1 aromatic carbocycles. The zero-order valence-corrected chi connectivity index (χ0v) is 17.3. The Balaban J connectivity index is 2.70. The van der Waals surface area contributed by atoms with E-state index >= 15 is 0 Å². The van der Waals surface area contributed by atoms with E-state index < -0.39 is 15.7 Å². The fourth-order valence-electron chi connectivity index (χ4n) is 3.03. The summed E-state index contributed by atoms with van der Waals surface area (Å²) in [6, 6.07) is 4.73. The minimum atomic E-state index is -3.92. The van der Waals surface area contributed by atoms with Gasteiger partial charge in [0.15, 0.2) is 0 Å². The first-order chi connectivity index (χ1) is 12.6. The third kappa shape index (κ3) is 4.40. The molecular weight excluding hydrogens is 367 g/mol. The summed E-state index contributed by atoms with van der Waals surface area (Å²) < 4.78 is 41.7. The van der Waals surface area contributed by atoms with Crippen molar-refractivity contribution in [2.75, 3.05) is 5.32 Å². The molecule has 5 nitrogen and oxygen atoms in total. The number of nitrogens with one attached hydrogen (secondary N) is 1. The first-order valence-electron chi connectivity index (χ1n) is 9.09. The Labute approximate surface area is 160 Å². The molecule has 0 aliphatic heterocycles. The van der Waals surface area contributed by atoms with Crippen LogP contribution in [0.1, 0.15) is 44.9 Å². The molecule has 1 amide bonds. The molecule has 1 N–H and O–H groups in total. The quantitative estimate of drug-likeness (QED) is 0.705. The van der Waals surface area contributed by atoms with Crippen molar-refractivity contribution in [3.05, 3.63) is 41.3 Å². The van der Waals surface area contributed by atoms with Gasteiger partial charge in [0.1, 0.15) is 16.5 Å². The number of amides is 1. The number of aromatic nitrogens is 1. The average Bonchev–Trinajstić information content (AvgIpc) is 2.80. The van der Waals surface area contributed by atoms with Crippen molar-refractivity contribution in [1.29, 1.82) is 0 Å². The number of halogens is 1. The van der Waals surface area contributed by atoms with Gasteiger partial charge < -0.3 is 9.88 Å². The Bertz CT molecular complexity index is 929. The topological polar surface area (TPSA) is 68.2 Å². The van der Waals surface area contributed by atoms with Gasteiger partial charge in [-0.3, -0.25) is 4.79 Å². The van der Waals surface area contributed by atoms with Gasteiger partial charge in [0.2, 0.25) is 15.7 Å². The van der Waals surface area contributed by atoms with Crippen LogP contribution in [0.4, 0.5) is 10.2 Å². The van der Waals surface area contributed by atoms with E-state index in [9.17, 15) is 17.6 Å². The standard InChI is InChI=1S/C20H27FN2O3S/c1-6-7-18(24)22-20-19(14(4)15(5)23(20)12-13(2)3)27(25,26)17-10-8-16(21)9-11-17/h8-11,13H,6-7,12H2,1-5H3,(H,22,24). The van der Waals surface area contributed by atoms with Crippen LogP contribution >= 0.6 is 0 Å². The number of benzene rings is 1. The highest BCUT2D eigenvalue weighted by Gasteiger charge is 2.30. The number of carbonyl (C=O) groups excluding carboxylic acids is 1. The van der Waals surface area contributed by atoms with Crippen molar-refractivity contribution in [3.8, 4) is 0 Å². The van der Waals surface area contributed by atoms with Crippen LogP contribution in [-0.4, -0.2) is 18.9 Å². The molecule has 0 spiro atoms. The van der Waals surface area contributed by atoms with Crippen LogP contribution < -0.4 is 5.32 Å². The van der Waals surface area contributed by atoms with Crippen molar-refractivity contribution in [2.24, 2.45) is 5.92 Å². The molecule has 0 aliphatic carbocycles. The normalized spacial score (nSPS) is 11.8. The summed E-state index contributed by atoms with van der Waals surface area (Å²) in [5.41, 5.74) is 1.38. The predicted octanol–water partition coefficient (Wildman–Crippen LogP) is 4.47. The molecule has 27 heavy (non-hydrogen) atoms. The maximum Gasteiger partial charge on any atom is 0.225 e. The SMILES string of the molecule is CCCC(=O)Nc1c(S(=O)(=O)c2ccc(F)cc2)c(C)c(C)n1CC(C)C. The Morgan fingerprint density at radius 2 is 1.78 bits per heavy atom. The highest BCUT2D eigenvalue weighted by molar-refractivity contribution is 7.91. The molecule has 0 atom stereocenters. The molecule has 2 aromatic rings. The Morgan fingerprint density at radius 3 is 2.30 bits per heavy atom. The van der Waals surface area contributed by atoms with E-state index in [-0.39, 0.29) is 21.6 Å². The van der Waals surface area contributed by atoms with Gasteiger partial charge in [-0.2, -0.15) is 0 Å². The second-order valence-electron chi connectivity index (χ2n) is 7.15. The molecule has 0 unspecified atom stereocenters. The summed E-state index contributed by atoms with van der Waals surface area (Å²) in [4.78, 5) is 12.3. The van der Waals surface area contributed by atoms with Gasteiger partial charge >= 0.3 is 0 Å². The third-order valence-electron chi connectivity index (χ3n) is 4.45. The van der Waals surface area contributed by atoms with Crippen LogP contribution in [0.2, 0.25) is 0 Å². The minimum absolute atomic E-state index is 0.000289. The maximum absolute atomic E-state index is 13.3. The zero-order chi connectivity index (χ0) is 20.4. The Morgan fingerprint density at radius 1 is 1.19 bits per heavy atom. The molecule has 0 bridgehead atoms.